The lowest BCUT2D eigenvalue weighted by Gasteiger charge is -2.25. The van der Waals surface area contributed by atoms with Crippen molar-refractivity contribution in [2.45, 2.75) is 104 Å². The van der Waals surface area contributed by atoms with Crippen LogP contribution in [-0.2, 0) is 43.4 Å². The molecule has 6 aromatic rings. The maximum Gasteiger partial charge on any atom is 0.262 e. The predicted molar refractivity (Wildman–Crippen MR) is 306 cm³/mol. The number of amides is 2. The van der Waals surface area contributed by atoms with Crippen LogP contribution in [0.4, 0.5) is 11.4 Å². The van der Waals surface area contributed by atoms with Crippen LogP contribution >= 0.6 is 11.6 Å². The van der Waals surface area contributed by atoms with Gasteiger partial charge in [-0.1, -0.05) is 92.9 Å². The van der Waals surface area contributed by atoms with Crippen LogP contribution in [0.5, 0.6) is 5.75 Å². The molecule has 2 amide bonds. The third-order valence-corrected chi connectivity index (χ3v) is 16.1. The smallest absolute Gasteiger partial charge is 0.262 e. The van der Waals surface area contributed by atoms with Crippen molar-refractivity contribution in [1.82, 2.24) is 15.2 Å². The number of anilines is 1. The fourth-order valence-corrected chi connectivity index (χ4v) is 11.9. The average Bonchev–Trinajstić information content (AvgIpc) is 3.92. The first-order chi connectivity index (χ1) is 36.3. The Morgan fingerprint density at radius 3 is 2.18 bits per heavy atom. The highest BCUT2D eigenvalue weighted by atomic mass is 35.5. The van der Waals surface area contributed by atoms with Gasteiger partial charge < -0.3 is 24.8 Å². The Bertz CT molecular complexity index is 3420. The van der Waals surface area contributed by atoms with E-state index in [9.17, 15) is 27.4 Å². The molecule has 0 bridgehead atoms. The third-order valence-electron chi connectivity index (χ3n) is 15.1. The van der Waals surface area contributed by atoms with Crippen molar-refractivity contribution in [1.29, 1.82) is 0 Å². The lowest BCUT2D eigenvalue weighted by Crippen LogP contribution is -2.28. The molecule has 0 fully saturated rings. The van der Waals surface area contributed by atoms with Crippen molar-refractivity contribution >= 4 is 78.2 Å². The molecular formula is C62H70ClN5O7S. The van der Waals surface area contributed by atoms with Gasteiger partial charge in [-0.25, -0.2) is 8.42 Å². The van der Waals surface area contributed by atoms with Crippen molar-refractivity contribution < 1.29 is 36.7 Å². The summed E-state index contributed by atoms with van der Waals surface area (Å²) in [6.45, 7) is 15.4. The van der Waals surface area contributed by atoms with Crippen molar-refractivity contribution in [3.8, 4) is 5.75 Å². The van der Waals surface area contributed by atoms with Gasteiger partial charge in [-0.05, 0) is 135 Å². The zero-order valence-corrected chi connectivity index (χ0v) is 46.4. The molecule has 5 aromatic carbocycles. The number of carbonyl (C=O) groups excluding carboxylic acids is 3. The van der Waals surface area contributed by atoms with Gasteiger partial charge in [0.15, 0.2) is 5.71 Å². The first-order valence-corrected chi connectivity index (χ1v) is 28.4. The Hall–Kier alpha value is -6.80. The number of benzene rings is 5. The molecule has 2 N–H and O–H groups in total. The molecule has 398 valence electrons. The summed E-state index contributed by atoms with van der Waals surface area (Å²) in [6.07, 6.45) is 15.3. The first-order valence-electron chi connectivity index (χ1n) is 26.4. The topological polar surface area (TPSA) is 153 Å². The number of rotatable bonds is 22. The van der Waals surface area contributed by atoms with Gasteiger partial charge in [-0.15, -0.1) is 0 Å². The number of likely N-dealkylation sites (N-methyl/N-ethyl adjacent to an activating group) is 1. The van der Waals surface area contributed by atoms with Gasteiger partial charge >= 0.3 is 0 Å². The number of aromatic nitrogens is 1. The molecular weight excluding hydrogens is 994 g/mol. The fourth-order valence-electron chi connectivity index (χ4n) is 11.2. The number of halogens is 1. The normalized spacial score (nSPS) is 15.4. The number of unbranched alkanes of at least 4 members (excludes halogenated alkanes) is 4. The predicted octanol–water partition coefficient (Wildman–Crippen LogP) is 11.5. The maximum absolute atomic E-state index is 13.7. The Balaban J connectivity index is 0.818. The van der Waals surface area contributed by atoms with Crippen LogP contribution in [-0.4, -0.2) is 84.6 Å². The van der Waals surface area contributed by atoms with Gasteiger partial charge in [0, 0.05) is 88.0 Å². The number of allylic oxidation sites excluding steroid dienone is 6. The number of nitrogens with one attached hydrogen (secondary N) is 2. The number of nitrogens with zero attached hydrogens (tertiary/aromatic N) is 3. The van der Waals surface area contributed by atoms with Crippen molar-refractivity contribution in [3.05, 3.63) is 172 Å². The van der Waals surface area contributed by atoms with Crippen LogP contribution in [0.25, 0.3) is 21.7 Å². The van der Waals surface area contributed by atoms with E-state index in [1.807, 2.05) is 31.2 Å². The summed E-state index contributed by atoms with van der Waals surface area (Å²) in [5.41, 5.74) is 9.95. The van der Waals surface area contributed by atoms with Crippen LogP contribution in [0.1, 0.15) is 111 Å². The van der Waals surface area contributed by atoms with E-state index in [0.29, 0.717) is 60.0 Å². The molecule has 2 aliphatic rings. The zero-order chi connectivity index (χ0) is 54.4. The molecule has 0 aliphatic carbocycles. The number of hydrogen-bond acceptors (Lipinski definition) is 8. The molecule has 0 radical (unpaired) electrons. The second-order valence-electron chi connectivity index (χ2n) is 20.9. The van der Waals surface area contributed by atoms with Gasteiger partial charge in [0.2, 0.25) is 17.5 Å². The van der Waals surface area contributed by atoms with E-state index in [2.05, 4.69) is 134 Å². The van der Waals surface area contributed by atoms with Gasteiger partial charge in [0.25, 0.3) is 5.91 Å². The molecule has 3 heterocycles. The molecule has 8 rings (SSSR count). The second-order valence-corrected chi connectivity index (χ2v) is 22.9. The second kappa shape index (κ2) is 23.6. The fraction of sp³-hybridized carbons (Fsp3) is 0.355. The largest absolute Gasteiger partial charge is 0.748 e. The highest BCUT2D eigenvalue weighted by Gasteiger charge is 2.45. The molecule has 14 heteroatoms. The molecule has 0 saturated carbocycles. The average molecular weight is 1060 g/mol. The first kappa shape index (κ1) is 55.4. The summed E-state index contributed by atoms with van der Waals surface area (Å²) in [7, 11) is -2.69. The van der Waals surface area contributed by atoms with Crippen LogP contribution in [0, 0.1) is 6.92 Å². The maximum atomic E-state index is 13.7. The van der Waals surface area contributed by atoms with Crippen molar-refractivity contribution in [2.24, 2.45) is 0 Å². The molecule has 76 heavy (non-hydrogen) atoms. The third kappa shape index (κ3) is 12.1. The molecule has 1 aromatic heterocycles. The van der Waals surface area contributed by atoms with E-state index in [4.69, 9.17) is 16.3 Å². The Labute approximate surface area is 452 Å². The van der Waals surface area contributed by atoms with E-state index in [-0.39, 0.29) is 47.1 Å². The van der Waals surface area contributed by atoms with Crippen LogP contribution < -0.4 is 20.3 Å². The number of methoxy groups -OCH3 is 1. The minimum Gasteiger partial charge on any atom is -0.748 e. The molecule has 0 spiro atoms. The van der Waals surface area contributed by atoms with Crippen molar-refractivity contribution in [3.63, 3.8) is 0 Å². The number of hydrogen-bond donors (Lipinski definition) is 2. The van der Waals surface area contributed by atoms with E-state index in [0.717, 1.165) is 65.8 Å². The molecule has 0 unspecified atom stereocenters. The summed E-state index contributed by atoms with van der Waals surface area (Å²) in [5, 5.41) is 9.87. The van der Waals surface area contributed by atoms with E-state index in [1.54, 1.807) is 35.9 Å². The Kier molecular flexibility index (Phi) is 17.2. The summed E-state index contributed by atoms with van der Waals surface area (Å²) >= 11 is 6.08. The minimum absolute atomic E-state index is 0.0152. The highest BCUT2D eigenvalue weighted by Crippen LogP contribution is 2.48. The molecule has 0 saturated heterocycles. The van der Waals surface area contributed by atoms with Gasteiger partial charge in [0.05, 0.1) is 41.0 Å². The van der Waals surface area contributed by atoms with Crippen LogP contribution in [0.15, 0.2) is 133 Å². The van der Waals surface area contributed by atoms with Gasteiger partial charge in [-0.2, -0.15) is 4.58 Å². The van der Waals surface area contributed by atoms with E-state index < -0.39 is 10.1 Å². The lowest BCUT2D eigenvalue weighted by molar-refractivity contribution is -0.438. The van der Waals surface area contributed by atoms with Crippen molar-refractivity contribution in [2.75, 3.05) is 43.9 Å². The number of carbonyl (C=O) groups is 3. The standard InChI is InChI=1S/C62H70ClN5O7S/c1-8-66-53-31-24-43(39-57(69)64-34-16-9-10-17-35-65-58(70)41-49-42(2)68(52-33-30-47(75-7)40-50(49)52)60(71)45-25-28-46(63)29-26-45)38-51(53)61(3,4)55(66)22-12-11-13-23-56-62(5,6)59-48-21-15-14-20-44(48)27-32-54(59)67(56)36-18-19-37-76(72,73)74/h11-15,20-33,38,40H,8-10,16-19,34-37,39,41H2,1-7H3,(H2-,64,65,69,70,72,73,74). The molecule has 12 nitrogen and oxygen atoms in total. The monoisotopic (exact) mass is 1060 g/mol. The SMILES string of the molecule is CCN1/C(=C/C=C/C=C/C2=[N+](CCCCS(=O)(=O)[O-])c3ccc4ccccc4c3C2(C)C)C(C)(C)c2cc(CC(=O)NCCCCCCNC(=O)Cc3c(C)n(C(=O)c4ccc(Cl)cc4)c4ccc(OC)cc34)ccc21. The van der Waals surface area contributed by atoms with Gasteiger partial charge in [-0.3, -0.25) is 19.0 Å². The van der Waals surface area contributed by atoms with Gasteiger partial charge in [0.1, 0.15) is 12.3 Å². The summed E-state index contributed by atoms with van der Waals surface area (Å²) < 4.78 is 43.5. The number of fused-ring (bicyclic) bond motifs is 5. The Morgan fingerprint density at radius 2 is 1.49 bits per heavy atom. The summed E-state index contributed by atoms with van der Waals surface area (Å²) in [5.74, 6) is -0.0631. The summed E-state index contributed by atoms with van der Waals surface area (Å²) in [4.78, 5) is 42.5. The summed E-state index contributed by atoms with van der Waals surface area (Å²) in [6, 6.07) is 31.3. The zero-order valence-electron chi connectivity index (χ0n) is 44.8. The molecule has 2 aliphatic heterocycles. The lowest BCUT2D eigenvalue weighted by atomic mass is 9.79. The highest BCUT2D eigenvalue weighted by molar-refractivity contribution is 7.85. The number of ether oxygens (including phenoxy) is 1. The van der Waals surface area contributed by atoms with E-state index >= 15 is 0 Å². The minimum atomic E-state index is -4.28. The van der Waals surface area contributed by atoms with E-state index in [1.165, 1.54) is 27.6 Å². The molecule has 0 atom stereocenters. The quantitative estimate of drug-likeness (QED) is 0.0295. The van der Waals surface area contributed by atoms with Crippen LogP contribution in [0.3, 0.4) is 0 Å². The Morgan fingerprint density at radius 1 is 0.776 bits per heavy atom. The van der Waals surface area contributed by atoms with Crippen LogP contribution in [0.2, 0.25) is 5.02 Å².